The molecule has 0 unspecified atom stereocenters. The Labute approximate surface area is 193 Å². The largest absolute Gasteiger partial charge is 0.376 e. The van der Waals surface area contributed by atoms with Crippen LogP contribution in [0.1, 0.15) is 0 Å². The van der Waals surface area contributed by atoms with Crippen molar-refractivity contribution in [2.45, 2.75) is 0 Å². The minimum atomic E-state index is -0.295. The molecule has 0 spiro atoms. The number of H-pyrrole nitrogens is 2. The summed E-state index contributed by atoms with van der Waals surface area (Å²) in [5, 5.41) is 8.31. The second-order valence-electron chi connectivity index (χ2n) is 8.17. The molecular formula is C25H19FN8. The number of imidazole rings is 1. The van der Waals surface area contributed by atoms with Crippen LogP contribution in [0.3, 0.4) is 0 Å². The molecule has 0 amide bonds. The first-order chi connectivity index (χ1) is 16.6. The lowest BCUT2D eigenvalue weighted by atomic mass is 10.1. The van der Waals surface area contributed by atoms with Crippen molar-refractivity contribution in [2.75, 3.05) is 19.0 Å². The van der Waals surface area contributed by atoms with E-state index in [-0.39, 0.29) is 5.82 Å². The fourth-order valence-corrected chi connectivity index (χ4v) is 3.94. The third kappa shape index (κ3) is 3.34. The molecule has 9 heteroatoms. The number of aromatic nitrogens is 7. The summed E-state index contributed by atoms with van der Waals surface area (Å²) < 4.78 is 13.4. The SMILES string of the molecule is CN(C)c1cncc(-c2cnc3[nH]nc(-c4nc5c(-c6ccc(F)cc6)nccc5[nH]4)c3c2)c1. The standard InChI is InChI=1S/C25H19FN8/c1-34(2)18-9-15(11-27-13-18)16-10-19-22(32-33-24(19)29-12-16)25-30-20-7-8-28-21(23(20)31-25)14-3-5-17(26)6-4-14/h3-13H,1-2H3,(H,30,31)(H,29,32,33). The van der Waals surface area contributed by atoms with Gasteiger partial charge in [0.2, 0.25) is 0 Å². The summed E-state index contributed by atoms with van der Waals surface area (Å²) in [6.07, 6.45) is 7.14. The summed E-state index contributed by atoms with van der Waals surface area (Å²) in [7, 11) is 3.96. The van der Waals surface area contributed by atoms with E-state index in [9.17, 15) is 4.39 Å². The first-order valence-corrected chi connectivity index (χ1v) is 10.6. The predicted molar refractivity (Wildman–Crippen MR) is 130 cm³/mol. The van der Waals surface area contributed by atoms with Gasteiger partial charge in [-0.15, -0.1) is 0 Å². The van der Waals surface area contributed by atoms with Gasteiger partial charge in [0.15, 0.2) is 11.5 Å². The Balaban J connectivity index is 1.47. The maximum absolute atomic E-state index is 13.4. The Kier molecular flexibility index (Phi) is 4.54. The number of halogens is 1. The second kappa shape index (κ2) is 7.73. The number of hydrogen-bond acceptors (Lipinski definition) is 6. The number of rotatable bonds is 4. The number of nitrogens with zero attached hydrogens (tertiary/aromatic N) is 6. The van der Waals surface area contributed by atoms with Crippen molar-refractivity contribution >= 4 is 27.8 Å². The Morgan fingerprint density at radius 3 is 2.50 bits per heavy atom. The molecule has 6 aromatic rings. The van der Waals surface area contributed by atoms with Crippen LogP contribution in [0.4, 0.5) is 10.1 Å². The van der Waals surface area contributed by atoms with Gasteiger partial charge in [0.25, 0.3) is 0 Å². The maximum Gasteiger partial charge on any atom is 0.159 e. The Morgan fingerprint density at radius 1 is 0.853 bits per heavy atom. The van der Waals surface area contributed by atoms with Crippen LogP contribution in [0.2, 0.25) is 0 Å². The van der Waals surface area contributed by atoms with Gasteiger partial charge in [0.05, 0.1) is 28.5 Å². The molecule has 0 radical (unpaired) electrons. The molecule has 1 aromatic carbocycles. The molecule has 8 nitrogen and oxygen atoms in total. The predicted octanol–water partition coefficient (Wildman–Crippen LogP) is 4.83. The average Bonchev–Trinajstić information content (AvgIpc) is 3.48. The minimum Gasteiger partial charge on any atom is -0.376 e. The molecule has 0 saturated heterocycles. The summed E-state index contributed by atoms with van der Waals surface area (Å²) in [6.45, 7) is 0. The molecule has 0 saturated carbocycles. The monoisotopic (exact) mass is 450 g/mol. The van der Waals surface area contributed by atoms with Crippen LogP contribution in [-0.2, 0) is 0 Å². The van der Waals surface area contributed by atoms with Crippen LogP contribution in [0.5, 0.6) is 0 Å². The highest BCUT2D eigenvalue weighted by Gasteiger charge is 2.17. The number of benzene rings is 1. The number of pyridine rings is 3. The van der Waals surface area contributed by atoms with E-state index < -0.39 is 0 Å². The number of fused-ring (bicyclic) bond motifs is 2. The van der Waals surface area contributed by atoms with Gasteiger partial charge in [-0.2, -0.15) is 5.10 Å². The highest BCUT2D eigenvalue weighted by atomic mass is 19.1. The molecule has 0 aliphatic carbocycles. The first-order valence-electron chi connectivity index (χ1n) is 10.6. The zero-order chi connectivity index (χ0) is 23.2. The molecule has 6 rings (SSSR count). The van der Waals surface area contributed by atoms with E-state index in [0.29, 0.717) is 28.4 Å². The molecule has 0 bridgehead atoms. The lowest BCUT2D eigenvalue weighted by molar-refractivity contribution is 0.628. The maximum atomic E-state index is 13.4. The molecule has 0 aliphatic heterocycles. The average molecular weight is 450 g/mol. The Bertz CT molecular complexity index is 1650. The summed E-state index contributed by atoms with van der Waals surface area (Å²) in [5.41, 5.74) is 7.16. The molecule has 5 aromatic heterocycles. The number of nitrogens with one attached hydrogen (secondary N) is 2. The number of hydrogen-bond donors (Lipinski definition) is 2. The normalized spacial score (nSPS) is 11.4. The van der Waals surface area contributed by atoms with Crippen LogP contribution in [0.15, 0.2) is 67.3 Å². The van der Waals surface area contributed by atoms with Gasteiger partial charge < -0.3 is 9.88 Å². The molecular weight excluding hydrogens is 431 g/mol. The summed E-state index contributed by atoms with van der Waals surface area (Å²) in [6, 6.07) is 12.2. The van der Waals surface area contributed by atoms with Crippen LogP contribution < -0.4 is 4.90 Å². The molecule has 0 atom stereocenters. The lowest BCUT2D eigenvalue weighted by Crippen LogP contribution is -2.08. The van der Waals surface area contributed by atoms with E-state index in [1.807, 2.05) is 43.5 Å². The van der Waals surface area contributed by atoms with Crippen molar-refractivity contribution in [3.05, 3.63) is 73.1 Å². The molecule has 166 valence electrons. The lowest BCUT2D eigenvalue weighted by Gasteiger charge is -2.12. The molecule has 5 heterocycles. The van der Waals surface area contributed by atoms with E-state index in [1.165, 1.54) is 12.1 Å². The van der Waals surface area contributed by atoms with Crippen molar-refractivity contribution in [1.82, 2.24) is 35.1 Å². The number of aromatic amines is 2. The van der Waals surface area contributed by atoms with Crippen molar-refractivity contribution in [2.24, 2.45) is 0 Å². The Morgan fingerprint density at radius 2 is 1.68 bits per heavy atom. The van der Waals surface area contributed by atoms with Crippen LogP contribution >= 0.6 is 0 Å². The molecule has 34 heavy (non-hydrogen) atoms. The van der Waals surface area contributed by atoms with Crippen molar-refractivity contribution in [3.8, 4) is 33.9 Å². The van der Waals surface area contributed by atoms with Crippen molar-refractivity contribution in [1.29, 1.82) is 0 Å². The zero-order valence-electron chi connectivity index (χ0n) is 18.4. The number of anilines is 1. The van der Waals surface area contributed by atoms with Gasteiger partial charge >= 0.3 is 0 Å². The topological polar surface area (TPSA) is 99.3 Å². The van der Waals surface area contributed by atoms with Gasteiger partial charge in [-0.1, -0.05) is 0 Å². The highest BCUT2D eigenvalue weighted by molar-refractivity contribution is 5.96. The summed E-state index contributed by atoms with van der Waals surface area (Å²) in [5.74, 6) is 0.299. The van der Waals surface area contributed by atoms with Crippen LogP contribution in [0, 0.1) is 5.82 Å². The van der Waals surface area contributed by atoms with E-state index in [0.717, 1.165) is 33.3 Å². The Hall–Kier alpha value is -4.66. The van der Waals surface area contributed by atoms with Crippen LogP contribution in [-0.4, -0.2) is 49.2 Å². The van der Waals surface area contributed by atoms with E-state index in [4.69, 9.17) is 4.98 Å². The summed E-state index contributed by atoms with van der Waals surface area (Å²) in [4.78, 5) is 23.6. The summed E-state index contributed by atoms with van der Waals surface area (Å²) >= 11 is 0. The van der Waals surface area contributed by atoms with E-state index in [2.05, 4.69) is 36.2 Å². The van der Waals surface area contributed by atoms with Crippen molar-refractivity contribution < 1.29 is 4.39 Å². The fraction of sp³-hybridized carbons (Fsp3) is 0.0800. The smallest absolute Gasteiger partial charge is 0.159 e. The third-order valence-corrected chi connectivity index (χ3v) is 5.73. The van der Waals surface area contributed by atoms with E-state index >= 15 is 0 Å². The van der Waals surface area contributed by atoms with Gasteiger partial charge in [-0.3, -0.25) is 15.1 Å². The van der Waals surface area contributed by atoms with E-state index in [1.54, 1.807) is 24.5 Å². The minimum absolute atomic E-state index is 0.295. The van der Waals surface area contributed by atoms with Gasteiger partial charge in [0.1, 0.15) is 17.0 Å². The zero-order valence-corrected chi connectivity index (χ0v) is 18.4. The molecule has 2 N–H and O–H groups in total. The van der Waals surface area contributed by atoms with Gasteiger partial charge in [-0.05, 0) is 42.5 Å². The first kappa shape index (κ1) is 20.0. The fourth-order valence-electron chi connectivity index (χ4n) is 3.94. The van der Waals surface area contributed by atoms with Gasteiger partial charge in [-0.25, -0.2) is 14.4 Å². The quantitative estimate of drug-likeness (QED) is 0.399. The second-order valence-corrected chi connectivity index (χ2v) is 8.17. The van der Waals surface area contributed by atoms with Crippen molar-refractivity contribution in [3.63, 3.8) is 0 Å². The van der Waals surface area contributed by atoms with Gasteiger partial charge in [0, 0.05) is 49.4 Å². The molecule has 0 aliphatic rings. The molecule has 0 fully saturated rings. The third-order valence-electron chi connectivity index (χ3n) is 5.73. The highest BCUT2D eigenvalue weighted by Crippen LogP contribution is 2.32. The van der Waals surface area contributed by atoms with Crippen LogP contribution in [0.25, 0.3) is 56.0 Å².